The van der Waals surface area contributed by atoms with Gasteiger partial charge >= 0.3 is 0 Å². The summed E-state index contributed by atoms with van der Waals surface area (Å²) < 4.78 is 4.94. The second-order valence-electron chi connectivity index (χ2n) is 2.40. The quantitative estimate of drug-likeness (QED) is 0.791. The molecule has 0 aliphatic heterocycles. The lowest BCUT2D eigenvalue weighted by molar-refractivity contribution is 0.270. The zero-order valence-corrected chi connectivity index (χ0v) is 9.58. The highest BCUT2D eigenvalue weighted by Crippen LogP contribution is 2.35. The molecule has 6 heteroatoms. The number of hydrogen-bond acceptors (Lipinski definition) is 2. The monoisotopic (exact) mass is 251 g/mol. The van der Waals surface area contributed by atoms with Gasteiger partial charge in [-0.2, -0.15) is 0 Å². The van der Waals surface area contributed by atoms with Gasteiger partial charge in [0.2, 0.25) is 0 Å². The first-order valence-electron chi connectivity index (χ1n) is 3.57. The number of methoxy groups -OCH3 is 1. The van der Waals surface area contributed by atoms with E-state index in [1.165, 1.54) is 19.2 Å². The fourth-order valence-corrected chi connectivity index (χ4v) is 1.72. The van der Waals surface area contributed by atoms with E-state index < -0.39 is 5.24 Å². The highest BCUT2D eigenvalue weighted by atomic mass is 35.5. The van der Waals surface area contributed by atoms with Crippen molar-refractivity contribution in [2.75, 3.05) is 12.4 Å². The van der Waals surface area contributed by atoms with Crippen LogP contribution in [0.5, 0.6) is 5.75 Å². The summed E-state index contributed by atoms with van der Waals surface area (Å²) in [5.41, 5.74) is 0.473. The Morgan fingerprint density at radius 2 is 1.93 bits per heavy atom. The third-order valence-electron chi connectivity index (χ3n) is 1.45. The molecule has 0 radical (unpaired) electrons. The number of nitrogens with one attached hydrogen (secondary N) is 1. The zero-order chi connectivity index (χ0) is 10.7. The molecule has 3 nitrogen and oxygen atoms in total. The van der Waals surface area contributed by atoms with Crippen LogP contribution in [0, 0.1) is 0 Å². The fraction of sp³-hybridized carbons (Fsp3) is 0.125. The van der Waals surface area contributed by atoms with Gasteiger partial charge < -0.3 is 10.1 Å². The number of rotatable bonds is 2. The van der Waals surface area contributed by atoms with Gasteiger partial charge in [0, 0.05) is 5.69 Å². The van der Waals surface area contributed by atoms with Crippen molar-refractivity contribution in [3.05, 3.63) is 22.2 Å². The molecular weight excluding hydrogens is 245 g/mol. The molecule has 76 valence electrons. The lowest BCUT2D eigenvalue weighted by Gasteiger charge is -2.08. The molecule has 1 N–H and O–H groups in total. The molecule has 14 heavy (non-hydrogen) atoms. The van der Waals surface area contributed by atoms with Gasteiger partial charge in [-0.3, -0.25) is 4.79 Å². The van der Waals surface area contributed by atoms with Gasteiger partial charge in [-0.15, -0.1) is 0 Å². The fourth-order valence-electron chi connectivity index (χ4n) is 0.951. The van der Waals surface area contributed by atoms with E-state index in [2.05, 4.69) is 17.9 Å². The van der Waals surface area contributed by atoms with Crippen molar-refractivity contribution < 1.29 is 9.53 Å². The molecule has 0 bridgehead atoms. The van der Waals surface area contributed by atoms with Crippen LogP contribution in [0.1, 0.15) is 0 Å². The molecule has 0 fully saturated rings. The molecule has 0 aliphatic rings. The maximum atomic E-state index is 10.6. The Labute approximate surface area is 96.7 Å². The van der Waals surface area contributed by atoms with Crippen LogP contribution in [0.4, 0.5) is 10.5 Å². The van der Waals surface area contributed by atoms with Crippen LogP contribution >= 0.6 is 35.8 Å². The van der Waals surface area contributed by atoms with Crippen molar-refractivity contribution in [2.45, 2.75) is 0 Å². The van der Waals surface area contributed by atoms with Gasteiger partial charge in [0.15, 0.2) is 5.75 Å². The van der Waals surface area contributed by atoms with Gasteiger partial charge in [0.25, 0.3) is 5.24 Å². The molecule has 1 amide bonds. The van der Waals surface area contributed by atoms with Crippen molar-refractivity contribution in [1.29, 1.82) is 0 Å². The van der Waals surface area contributed by atoms with E-state index >= 15 is 0 Å². The van der Waals surface area contributed by atoms with E-state index in [1.807, 2.05) is 0 Å². The number of anilines is 1. The summed E-state index contributed by atoms with van der Waals surface area (Å²) in [7, 11) is 1.46. The van der Waals surface area contributed by atoms with Crippen molar-refractivity contribution in [1.82, 2.24) is 0 Å². The molecule has 0 saturated heterocycles. The Kier molecular flexibility index (Phi) is 3.92. The summed E-state index contributed by atoms with van der Waals surface area (Å²) in [5.74, 6) is 0.380. The maximum absolute atomic E-state index is 10.6. The minimum atomic E-state index is -0.484. The number of carbonyl (C=O) groups is 1. The van der Waals surface area contributed by atoms with Crippen molar-refractivity contribution >= 4 is 46.8 Å². The number of hydrogen-bond donors (Lipinski definition) is 2. The summed E-state index contributed by atoms with van der Waals surface area (Å²) in [6.45, 7) is 0. The topological polar surface area (TPSA) is 38.3 Å². The van der Waals surface area contributed by atoms with Crippen LogP contribution in [0.15, 0.2) is 12.1 Å². The second kappa shape index (κ2) is 4.77. The smallest absolute Gasteiger partial charge is 0.280 e. The number of carbonyl (C=O) groups excluding carboxylic acids is 1. The second-order valence-corrected chi connectivity index (χ2v) is 3.62. The Morgan fingerprint density at radius 3 is 2.29 bits per heavy atom. The third-order valence-corrected chi connectivity index (χ3v) is 2.13. The predicted octanol–water partition coefficient (Wildman–Crippen LogP) is 3.46. The molecule has 0 heterocycles. The number of halogens is 2. The molecule has 1 rings (SSSR count). The molecule has 0 spiro atoms. The molecular formula is C8H7Cl2NO2S. The lowest BCUT2D eigenvalue weighted by Crippen LogP contribution is -2.01. The summed E-state index contributed by atoms with van der Waals surface area (Å²) in [6, 6.07) is 3.06. The van der Waals surface area contributed by atoms with Gasteiger partial charge in [-0.25, -0.2) is 0 Å². The van der Waals surface area contributed by atoms with E-state index in [1.54, 1.807) is 0 Å². The van der Waals surface area contributed by atoms with Gasteiger partial charge in [-0.1, -0.05) is 35.8 Å². The Morgan fingerprint density at radius 1 is 1.43 bits per heavy atom. The average Bonchev–Trinajstić information content (AvgIpc) is 2.01. The number of ether oxygens (including phenoxy) is 1. The van der Waals surface area contributed by atoms with Gasteiger partial charge in [0.1, 0.15) is 0 Å². The summed E-state index contributed by atoms with van der Waals surface area (Å²) in [5, 5.41) is 2.62. The van der Waals surface area contributed by atoms with E-state index in [0.29, 0.717) is 21.5 Å². The average molecular weight is 252 g/mol. The Balaban J connectivity index is 3.07. The lowest BCUT2D eigenvalue weighted by atomic mass is 10.3. The normalized spacial score (nSPS) is 9.71. The first kappa shape index (κ1) is 11.5. The van der Waals surface area contributed by atoms with E-state index in [4.69, 9.17) is 27.9 Å². The molecule has 0 aliphatic carbocycles. The summed E-state index contributed by atoms with van der Waals surface area (Å²) >= 11 is 15.2. The first-order valence-corrected chi connectivity index (χ1v) is 4.78. The molecule has 0 saturated carbocycles. The highest BCUT2D eigenvalue weighted by molar-refractivity contribution is 7.96. The van der Waals surface area contributed by atoms with Crippen LogP contribution in [-0.2, 0) is 0 Å². The molecule has 0 unspecified atom stereocenters. The minimum Gasteiger partial charge on any atom is -0.494 e. The van der Waals surface area contributed by atoms with Crippen molar-refractivity contribution in [3.8, 4) is 5.75 Å². The highest BCUT2D eigenvalue weighted by Gasteiger charge is 2.08. The Bertz CT molecular complexity index is 347. The van der Waals surface area contributed by atoms with Gasteiger partial charge in [0.05, 0.1) is 17.2 Å². The molecule has 1 aromatic carbocycles. The third kappa shape index (κ3) is 2.70. The van der Waals surface area contributed by atoms with E-state index in [0.717, 1.165) is 0 Å². The van der Waals surface area contributed by atoms with Crippen molar-refractivity contribution in [2.24, 2.45) is 0 Å². The van der Waals surface area contributed by atoms with Crippen LogP contribution in [0.25, 0.3) is 0 Å². The Hall–Kier alpha value is -0.580. The zero-order valence-electron chi connectivity index (χ0n) is 7.17. The van der Waals surface area contributed by atoms with Crippen LogP contribution < -0.4 is 10.1 Å². The van der Waals surface area contributed by atoms with Crippen molar-refractivity contribution in [3.63, 3.8) is 0 Å². The number of amides is 1. The number of benzene rings is 1. The molecule has 0 aromatic heterocycles. The van der Waals surface area contributed by atoms with Crippen LogP contribution in [0.2, 0.25) is 10.0 Å². The summed E-state index contributed by atoms with van der Waals surface area (Å²) in [4.78, 5) is 10.6. The van der Waals surface area contributed by atoms with E-state index in [9.17, 15) is 4.79 Å². The minimum absolute atomic E-state index is 0.331. The SMILES string of the molecule is COc1c(Cl)cc(NC(=O)S)cc1Cl. The number of thiol groups is 1. The summed E-state index contributed by atoms with van der Waals surface area (Å²) in [6.07, 6.45) is 0. The molecule has 0 atom stereocenters. The standard InChI is InChI=1S/C8H7Cl2NO2S/c1-13-7-5(9)2-4(3-6(7)10)11-8(12)14/h2-3H,1H3,(H2,11,12,14). The van der Waals surface area contributed by atoms with Crippen LogP contribution in [-0.4, -0.2) is 12.3 Å². The van der Waals surface area contributed by atoms with Gasteiger partial charge in [-0.05, 0) is 12.1 Å². The largest absolute Gasteiger partial charge is 0.494 e. The van der Waals surface area contributed by atoms with Crippen LogP contribution in [0.3, 0.4) is 0 Å². The predicted molar refractivity (Wildman–Crippen MR) is 61.0 cm³/mol. The first-order chi connectivity index (χ1) is 6.54. The molecule has 1 aromatic rings. The van der Waals surface area contributed by atoms with E-state index in [-0.39, 0.29) is 0 Å². The maximum Gasteiger partial charge on any atom is 0.280 e.